The molecule has 5 heterocycles. The average molecular weight is 524 g/mol. The number of hydrogen-bond donors (Lipinski definition) is 1. The first kappa shape index (κ1) is 23.6. The van der Waals surface area contributed by atoms with Gasteiger partial charge in [0.05, 0.1) is 29.7 Å². The van der Waals surface area contributed by atoms with Crippen molar-refractivity contribution in [2.75, 3.05) is 11.8 Å². The van der Waals surface area contributed by atoms with E-state index in [1.54, 1.807) is 56.7 Å². The summed E-state index contributed by atoms with van der Waals surface area (Å²) >= 11 is 1.08. The summed E-state index contributed by atoms with van der Waals surface area (Å²) < 4.78 is 37.0. The number of fused-ring (bicyclic) bond motifs is 1. The molecule has 0 fully saturated rings. The third-order valence-electron chi connectivity index (χ3n) is 5.38. The molecule has 0 amide bonds. The Kier molecular flexibility index (Phi) is 5.80. The second-order valence-electron chi connectivity index (χ2n) is 7.99. The molecule has 184 valence electrons. The smallest absolute Gasteiger partial charge is 0.283 e. The van der Waals surface area contributed by atoms with Gasteiger partial charge in [-0.15, -0.1) is 11.3 Å². The lowest BCUT2D eigenvalue weighted by molar-refractivity contribution is 0.400. The largest absolute Gasteiger partial charge is 0.480 e. The fourth-order valence-electron chi connectivity index (χ4n) is 3.74. The quantitative estimate of drug-likeness (QED) is 0.359. The highest BCUT2D eigenvalue weighted by Gasteiger charge is 2.23. The molecule has 0 aliphatic carbocycles. The minimum Gasteiger partial charge on any atom is -0.480 e. The molecule has 0 spiro atoms. The van der Waals surface area contributed by atoms with E-state index in [-0.39, 0.29) is 21.3 Å². The number of sulfonamides is 1. The zero-order chi connectivity index (χ0) is 25.6. The molecule has 5 aromatic rings. The zero-order valence-corrected chi connectivity index (χ0v) is 21.4. The Hall–Kier alpha value is -4.10. The van der Waals surface area contributed by atoms with Crippen molar-refractivity contribution in [1.29, 1.82) is 0 Å². The Morgan fingerprint density at radius 3 is 2.53 bits per heavy atom. The SMILES string of the molecule is COc1ncc(-c2ccc3ncc(-n4ccc(C)n4)c(=O)n3c2)cc1NS(=O)(=O)c1sc(C)nc1C. The predicted molar refractivity (Wildman–Crippen MR) is 136 cm³/mol. The summed E-state index contributed by atoms with van der Waals surface area (Å²) in [4.78, 5) is 26.0. The molecule has 0 saturated carbocycles. The Morgan fingerprint density at radius 2 is 1.86 bits per heavy atom. The molecule has 0 aliphatic rings. The van der Waals surface area contributed by atoms with E-state index in [0.717, 1.165) is 17.0 Å². The normalized spacial score (nSPS) is 11.7. The lowest BCUT2D eigenvalue weighted by Gasteiger charge is -2.13. The van der Waals surface area contributed by atoms with Gasteiger partial charge >= 0.3 is 0 Å². The van der Waals surface area contributed by atoms with Crippen LogP contribution in [0.4, 0.5) is 5.69 Å². The van der Waals surface area contributed by atoms with Crippen LogP contribution in [0.15, 0.2) is 58.1 Å². The van der Waals surface area contributed by atoms with E-state index >= 15 is 0 Å². The van der Waals surface area contributed by atoms with Crippen molar-refractivity contribution in [1.82, 2.24) is 29.1 Å². The Morgan fingerprint density at radius 1 is 1.06 bits per heavy atom. The Labute approximate surface area is 210 Å². The van der Waals surface area contributed by atoms with Gasteiger partial charge in [-0.1, -0.05) is 0 Å². The predicted octanol–water partition coefficient (Wildman–Crippen LogP) is 3.13. The van der Waals surface area contributed by atoms with Crippen LogP contribution in [0.25, 0.3) is 22.5 Å². The molecule has 36 heavy (non-hydrogen) atoms. The first-order valence-corrected chi connectivity index (χ1v) is 13.0. The van der Waals surface area contributed by atoms with Crippen LogP contribution >= 0.6 is 11.3 Å². The number of methoxy groups -OCH3 is 1. The van der Waals surface area contributed by atoms with Crippen LogP contribution in [0.3, 0.4) is 0 Å². The summed E-state index contributed by atoms with van der Waals surface area (Å²) in [6, 6.07) is 6.88. The Balaban J connectivity index is 1.58. The van der Waals surface area contributed by atoms with Crippen molar-refractivity contribution in [3.8, 4) is 22.7 Å². The summed E-state index contributed by atoms with van der Waals surface area (Å²) in [6.45, 7) is 5.22. The van der Waals surface area contributed by atoms with Crippen LogP contribution in [0, 0.1) is 20.8 Å². The number of pyridine rings is 2. The molecule has 0 unspecified atom stereocenters. The molecular weight excluding hydrogens is 502 g/mol. The van der Waals surface area contributed by atoms with E-state index in [0.29, 0.717) is 33.2 Å². The maximum absolute atomic E-state index is 13.2. The van der Waals surface area contributed by atoms with Gasteiger partial charge < -0.3 is 4.74 Å². The van der Waals surface area contributed by atoms with Crippen LogP contribution in [-0.2, 0) is 10.0 Å². The number of nitrogens with one attached hydrogen (secondary N) is 1. The average Bonchev–Trinajstić information content (AvgIpc) is 3.43. The van der Waals surface area contributed by atoms with E-state index in [1.807, 2.05) is 6.92 Å². The Bertz CT molecular complexity index is 1790. The van der Waals surface area contributed by atoms with Crippen molar-refractivity contribution in [3.05, 3.63) is 75.8 Å². The number of anilines is 1. The molecule has 11 nitrogen and oxygen atoms in total. The highest BCUT2D eigenvalue weighted by Crippen LogP contribution is 2.32. The monoisotopic (exact) mass is 523 g/mol. The third kappa shape index (κ3) is 4.22. The highest BCUT2D eigenvalue weighted by atomic mass is 32.2. The van der Waals surface area contributed by atoms with Crippen LogP contribution in [0.2, 0.25) is 0 Å². The fourth-order valence-corrected chi connectivity index (χ4v) is 6.28. The summed E-state index contributed by atoms with van der Waals surface area (Å²) in [5.41, 5.74) is 2.99. The maximum atomic E-state index is 13.2. The first-order chi connectivity index (χ1) is 17.2. The van der Waals surface area contributed by atoms with Crippen molar-refractivity contribution in [2.24, 2.45) is 0 Å². The molecule has 5 rings (SSSR count). The van der Waals surface area contributed by atoms with Crippen LogP contribution < -0.4 is 15.0 Å². The molecule has 0 aromatic carbocycles. The van der Waals surface area contributed by atoms with Gasteiger partial charge in [-0.2, -0.15) is 5.10 Å². The van der Waals surface area contributed by atoms with Crippen LogP contribution in [0.1, 0.15) is 16.4 Å². The summed E-state index contributed by atoms with van der Waals surface area (Å²) in [5.74, 6) is 0.108. The van der Waals surface area contributed by atoms with E-state index < -0.39 is 10.0 Å². The molecule has 0 radical (unpaired) electrons. The van der Waals surface area contributed by atoms with Crippen molar-refractivity contribution in [3.63, 3.8) is 0 Å². The molecule has 1 N–H and O–H groups in total. The fraction of sp³-hybridized carbons (Fsp3) is 0.174. The van der Waals surface area contributed by atoms with Crippen molar-refractivity contribution >= 4 is 32.7 Å². The lowest BCUT2D eigenvalue weighted by atomic mass is 10.1. The number of rotatable bonds is 6. The molecule has 5 aromatic heterocycles. The highest BCUT2D eigenvalue weighted by molar-refractivity contribution is 7.94. The second-order valence-corrected chi connectivity index (χ2v) is 11.1. The molecular formula is C23H21N7O4S2. The van der Waals surface area contributed by atoms with E-state index in [2.05, 4.69) is 24.8 Å². The molecule has 0 saturated heterocycles. The first-order valence-electron chi connectivity index (χ1n) is 10.7. The van der Waals surface area contributed by atoms with Gasteiger partial charge in [-0.3, -0.25) is 13.9 Å². The summed E-state index contributed by atoms with van der Waals surface area (Å²) in [5, 5.41) is 4.94. The van der Waals surface area contributed by atoms with Gasteiger partial charge in [-0.25, -0.2) is 28.1 Å². The van der Waals surface area contributed by atoms with Crippen molar-refractivity contribution in [2.45, 2.75) is 25.0 Å². The maximum Gasteiger partial charge on any atom is 0.283 e. The van der Waals surface area contributed by atoms with Gasteiger partial charge in [0.25, 0.3) is 15.6 Å². The van der Waals surface area contributed by atoms with E-state index in [4.69, 9.17) is 4.74 Å². The van der Waals surface area contributed by atoms with Gasteiger partial charge in [0.2, 0.25) is 5.88 Å². The minimum atomic E-state index is -3.92. The molecule has 0 bridgehead atoms. The van der Waals surface area contributed by atoms with E-state index in [9.17, 15) is 13.2 Å². The standard InChI is InChI=1S/C23H21N7O4S2/c1-13-7-8-30(27-13)19-11-24-20-6-5-16(12-29(20)22(19)31)17-9-18(21(34-4)25-10-17)28-36(32,33)23-14(2)26-15(3)35-23/h5-12,28H,1-4H3. The number of hydrogen-bond acceptors (Lipinski definition) is 9. The molecule has 0 atom stereocenters. The molecule has 13 heteroatoms. The van der Waals surface area contributed by atoms with Crippen LogP contribution in [0.5, 0.6) is 5.88 Å². The summed E-state index contributed by atoms with van der Waals surface area (Å²) in [6.07, 6.45) is 6.35. The van der Waals surface area contributed by atoms with Crippen LogP contribution in [-0.4, -0.2) is 44.7 Å². The number of thiazole rings is 1. The minimum absolute atomic E-state index is 0.108. The van der Waals surface area contributed by atoms with Gasteiger partial charge in [0.1, 0.15) is 17.0 Å². The molecule has 0 aliphatic heterocycles. The van der Waals surface area contributed by atoms with Gasteiger partial charge in [-0.05, 0) is 45.0 Å². The number of nitrogens with zero attached hydrogens (tertiary/aromatic N) is 6. The topological polar surface area (TPSA) is 133 Å². The summed E-state index contributed by atoms with van der Waals surface area (Å²) in [7, 11) is -2.51. The number of aryl methyl sites for hydroxylation is 3. The third-order valence-corrected chi connectivity index (χ3v) is 8.43. The zero-order valence-electron chi connectivity index (χ0n) is 19.8. The number of aromatic nitrogens is 6. The van der Waals surface area contributed by atoms with Crippen molar-refractivity contribution < 1.29 is 13.2 Å². The van der Waals surface area contributed by atoms with Gasteiger partial charge in [0, 0.05) is 29.7 Å². The van der Waals surface area contributed by atoms with E-state index in [1.165, 1.54) is 22.4 Å². The lowest BCUT2D eigenvalue weighted by Crippen LogP contribution is -2.21. The number of ether oxygens (including phenoxy) is 1. The second kappa shape index (κ2) is 8.84. The van der Waals surface area contributed by atoms with Gasteiger partial charge in [0.15, 0.2) is 4.21 Å².